The van der Waals surface area contributed by atoms with Crippen molar-refractivity contribution < 1.29 is 27.8 Å². The van der Waals surface area contributed by atoms with Crippen LogP contribution in [0.4, 0.5) is 13.6 Å². The van der Waals surface area contributed by atoms with E-state index < -0.39 is 17.8 Å². The SMILES string of the molecule is COc1cc(/C=C2\SC(=O)N(CCN)C2=O)ccc1OC(F)F. The molecule has 23 heavy (non-hydrogen) atoms. The molecule has 1 aliphatic heterocycles. The maximum absolute atomic E-state index is 12.3. The number of hydrogen-bond acceptors (Lipinski definition) is 6. The molecular weight excluding hydrogens is 330 g/mol. The van der Waals surface area contributed by atoms with Crippen molar-refractivity contribution in [3.05, 3.63) is 28.7 Å². The first-order valence-corrected chi connectivity index (χ1v) is 7.36. The molecule has 0 aromatic heterocycles. The number of nitrogens with two attached hydrogens (primary N) is 1. The highest BCUT2D eigenvalue weighted by atomic mass is 32.2. The fourth-order valence-electron chi connectivity index (χ4n) is 1.94. The van der Waals surface area contributed by atoms with Gasteiger partial charge in [-0.1, -0.05) is 6.07 Å². The van der Waals surface area contributed by atoms with Gasteiger partial charge in [0.25, 0.3) is 11.1 Å². The number of halogens is 2. The minimum absolute atomic E-state index is 0.0974. The summed E-state index contributed by atoms with van der Waals surface area (Å²) in [7, 11) is 1.31. The van der Waals surface area contributed by atoms with Crippen molar-refractivity contribution in [2.24, 2.45) is 5.73 Å². The van der Waals surface area contributed by atoms with Crippen LogP contribution < -0.4 is 15.2 Å². The number of amides is 2. The maximum atomic E-state index is 12.3. The smallest absolute Gasteiger partial charge is 0.387 e. The Morgan fingerprint density at radius 1 is 1.35 bits per heavy atom. The van der Waals surface area contributed by atoms with Gasteiger partial charge in [-0.2, -0.15) is 8.78 Å². The lowest BCUT2D eigenvalue weighted by molar-refractivity contribution is -0.122. The highest BCUT2D eigenvalue weighted by Gasteiger charge is 2.34. The lowest BCUT2D eigenvalue weighted by Crippen LogP contribution is -2.33. The van der Waals surface area contributed by atoms with Crippen LogP contribution in [-0.2, 0) is 4.79 Å². The van der Waals surface area contributed by atoms with E-state index in [1.54, 1.807) is 0 Å². The summed E-state index contributed by atoms with van der Waals surface area (Å²) in [6, 6.07) is 4.23. The van der Waals surface area contributed by atoms with Gasteiger partial charge in [0.15, 0.2) is 11.5 Å². The topological polar surface area (TPSA) is 81.9 Å². The van der Waals surface area contributed by atoms with E-state index in [2.05, 4.69) is 4.74 Å². The molecule has 0 unspecified atom stereocenters. The van der Waals surface area contributed by atoms with Crippen molar-refractivity contribution in [2.45, 2.75) is 6.61 Å². The molecule has 1 fully saturated rings. The molecule has 2 amide bonds. The Hall–Kier alpha value is -2.13. The summed E-state index contributed by atoms with van der Waals surface area (Å²) in [5.41, 5.74) is 5.87. The van der Waals surface area contributed by atoms with E-state index in [4.69, 9.17) is 10.5 Å². The Labute approximate surface area is 135 Å². The van der Waals surface area contributed by atoms with Gasteiger partial charge in [0.2, 0.25) is 0 Å². The summed E-state index contributed by atoms with van der Waals surface area (Å²) >= 11 is 0.796. The van der Waals surface area contributed by atoms with Crippen molar-refractivity contribution in [2.75, 3.05) is 20.2 Å². The van der Waals surface area contributed by atoms with Crippen LogP contribution >= 0.6 is 11.8 Å². The molecule has 0 saturated carbocycles. The minimum atomic E-state index is -2.97. The average molecular weight is 344 g/mol. The zero-order chi connectivity index (χ0) is 17.0. The molecule has 1 aliphatic rings. The Morgan fingerprint density at radius 3 is 2.70 bits per heavy atom. The van der Waals surface area contributed by atoms with Gasteiger partial charge in [0.1, 0.15) is 0 Å². The normalized spacial score (nSPS) is 16.6. The second-order valence-corrected chi connectivity index (χ2v) is 5.40. The molecule has 1 saturated heterocycles. The number of ether oxygens (including phenoxy) is 2. The Morgan fingerprint density at radius 2 is 2.09 bits per heavy atom. The number of benzene rings is 1. The van der Waals surface area contributed by atoms with E-state index in [1.165, 1.54) is 31.4 Å². The number of imide groups is 1. The average Bonchev–Trinajstić information content (AvgIpc) is 2.76. The summed E-state index contributed by atoms with van der Waals surface area (Å²) in [5.74, 6) is -0.451. The Bertz CT molecular complexity index is 652. The first kappa shape index (κ1) is 17.2. The number of nitrogens with zero attached hydrogens (tertiary/aromatic N) is 1. The second-order valence-electron chi connectivity index (χ2n) is 4.41. The van der Waals surface area contributed by atoms with Crippen LogP contribution in [0.25, 0.3) is 6.08 Å². The number of carbonyl (C=O) groups excluding carboxylic acids is 2. The van der Waals surface area contributed by atoms with Crippen molar-refractivity contribution in [1.29, 1.82) is 0 Å². The molecule has 1 heterocycles. The first-order valence-electron chi connectivity index (χ1n) is 6.54. The number of hydrogen-bond donors (Lipinski definition) is 1. The molecule has 0 atom stereocenters. The third-order valence-corrected chi connectivity index (χ3v) is 3.84. The predicted molar refractivity (Wildman–Crippen MR) is 81.4 cm³/mol. The summed E-state index contributed by atoms with van der Waals surface area (Å²) in [5, 5.41) is -0.392. The van der Waals surface area contributed by atoms with E-state index >= 15 is 0 Å². The molecule has 2 N–H and O–H groups in total. The monoisotopic (exact) mass is 344 g/mol. The van der Waals surface area contributed by atoms with Crippen LogP contribution in [0, 0.1) is 0 Å². The molecule has 9 heteroatoms. The molecule has 0 aliphatic carbocycles. The second kappa shape index (κ2) is 7.42. The highest BCUT2D eigenvalue weighted by Crippen LogP contribution is 2.34. The van der Waals surface area contributed by atoms with E-state index in [-0.39, 0.29) is 29.5 Å². The number of rotatable bonds is 6. The van der Waals surface area contributed by atoms with Crippen LogP contribution in [0.15, 0.2) is 23.1 Å². The quantitative estimate of drug-likeness (QED) is 0.798. The molecule has 1 aromatic rings. The van der Waals surface area contributed by atoms with Gasteiger partial charge >= 0.3 is 6.61 Å². The van der Waals surface area contributed by atoms with Crippen LogP contribution in [-0.4, -0.2) is 42.9 Å². The van der Waals surface area contributed by atoms with Gasteiger partial charge in [-0.15, -0.1) is 0 Å². The molecular formula is C14H14F2N2O4S. The van der Waals surface area contributed by atoms with Gasteiger partial charge in [-0.05, 0) is 35.5 Å². The van der Waals surface area contributed by atoms with Gasteiger partial charge in [-0.3, -0.25) is 14.5 Å². The zero-order valence-corrected chi connectivity index (χ0v) is 12.9. The van der Waals surface area contributed by atoms with Crippen molar-refractivity contribution in [1.82, 2.24) is 4.90 Å². The summed E-state index contributed by atoms with van der Waals surface area (Å²) < 4.78 is 33.9. The number of thioether (sulfide) groups is 1. The molecule has 124 valence electrons. The summed E-state index contributed by atoms with van der Waals surface area (Å²) in [6.45, 7) is -2.65. The fourth-order valence-corrected chi connectivity index (χ4v) is 2.81. The highest BCUT2D eigenvalue weighted by molar-refractivity contribution is 8.18. The van der Waals surface area contributed by atoms with Gasteiger partial charge in [0.05, 0.1) is 12.0 Å². The zero-order valence-electron chi connectivity index (χ0n) is 12.1. The van der Waals surface area contributed by atoms with Gasteiger partial charge < -0.3 is 15.2 Å². The van der Waals surface area contributed by atoms with Crippen LogP contribution in [0.1, 0.15) is 5.56 Å². The van der Waals surface area contributed by atoms with Crippen molar-refractivity contribution in [3.63, 3.8) is 0 Å². The lowest BCUT2D eigenvalue weighted by atomic mass is 10.2. The first-order chi connectivity index (χ1) is 11.0. The van der Waals surface area contributed by atoms with Crippen LogP contribution in [0.2, 0.25) is 0 Å². The van der Waals surface area contributed by atoms with E-state index in [9.17, 15) is 18.4 Å². The number of methoxy groups -OCH3 is 1. The third kappa shape index (κ3) is 3.99. The van der Waals surface area contributed by atoms with Crippen LogP contribution in [0.5, 0.6) is 11.5 Å². The van der Waals surface area contributed by atoms with Crippen molar-refractivity contribution >= 4 is 29.0 Å². The maximum Gasteiger partial charge on any atom is 0.387 e. The molecule has 1 aromatic carbocycles. The number of alkyl halides is 2. The van der Waals surface area contributed by atoms with Crippen molar-refractivity contribution in [3.8, 4) is 11.5 Å². The molecule has 0 spiro atoms. The van der Waals surface area contributed by atoms with E-state index in [0.717, 1.165) is 16.7 Å². The van der Waals surface area contributed by atoms with Gasteiger partial charge in [-0.25, -0.2) is 0 Å². The summed E-state index contributed by atoms with van der Waals surface area (Å²) in [6.07, 6.45) is 1.48. The summed E-state index contributed by atoms with van der Waals surface area (Å²) in [4.78, 5) is 25.1. The fraction of sp³-hybridized carbons (Fsp3) is 0.286. The Kier molecular flexibility index (Phi) is 5.56. The largest absolute Gasteiger partial charge is 0.493 e. The van der Waals surface area contributed by atoms with E-state index in [1.807, 2.05) is 0 Å². The standard InChI is InChI=1S/C14H14F2N2O4S/c1-21-10-6-8(2-3-9(10)22-13(15)16)7-11-12(19)18(5-4-17)14(20)23-11/h2-3,6-7,13H,4-5,17H2,1H3/b11-7-. The Balaban J connectivity index is 2.26. The molecule has 2 rings (SSSR count). The van der Waals surface area contributed by atoms with E-state index in [0.29, 0.717) is 5.56 Å². The predicted octanol–water partition coefficient (Wildman–Crippen LogP) is 2.29. The minimum Gasteiger partial charge on any atom is -0.493 e. The molecule has 0 radical (unpaired) electrons. The molecule has 6 nitrogen and oxygen atoms in total. The van der Waals surface area contributed by atoms with Gasteiger partial charge in [0, 0.05) is 13.1 Å². The number of carbonyl (C=O) groups is 2. The molecule has 0 bridgehead atoms. The third-order valence-electron chi connectivity index (χ3n) is 2.93. The van der Waals surface area contributed by atoms with Crippen LogP contribution in [0.3, 0.4) is 0 Å². The lowest BCUT2D eigenvalue weighted by Gasteiger charge is -2.10.